The van der Waals surface area contributed by atoms with Gasteiger partial charge in [0.25, 0.3) is 0 Å². The SMILES string of the molecule is CCC(N)C(=O)OC1CCCC(C)C1. The van der Waals surface area contributed by atoms with Crippen molar-refractivity contribution in [1.29, 1.82) is 0 Å². The molecule has 82 valence electrons. The van der Waals surface area contributed by atoms with E-state index < -0.39 is 6.04 Å². The summed E-state index contributed by atoms with van der Waals surface area (Å²) in [6.07, 6.45) is 5.20. The van der Waals surface area contributed by atoms with E-state index in [2.05, 4.69) is 6.92 Å². The maximum atomic E-state index is 11.4. The zero-order valence-corrected chi connectivity index (χ0v) is 9.16. The van der Waals surface area contributed by atoms with E-state index in [0.717, 1.165) is 12.8 Å². The van der Waals surface area contributed by atoms with Gasteiger partial charge in [0.1, 0.15) is 12.1 Å². The molecule has 3 heteroatoms. The van der Waals surface area contributed by atoms with Crippen LogP contribution in [-0.4, -0.2) is 18.1 Å². The summed E-state index contributed by atoms with van der Waals surface area (Å²) in [5, 5.41) is 0. The van der Waals surface area contributed by atoms with Gasteiger partial charge < -0.3 is 10.5 Å². The quantitative estimate of drug-likeness (QED) is 0.706. The van der Waals surface area contributed by atoms with Crippen molar-refractivity contribution in [3.8, 4) is 0 Å². The molecule has 1 rings (SSSR count). The summed E-state index contributed by atoms with van der Waals surface area (Å²) < 4.78 is 5.35. The average molecular weight is 199 g/mol. The van der Waals surface area contributed by atoms with Crippen LogP contribution in [0.3, 0.4) is 0 Å². The molecule has 1 saturated carbocycles. The van der Waals surface area contributed by atoms with Gasteiger partial charge in [0.05, 0.1) is 0 Å². The third-order valence-corrected chi connectivity index (χ3v) is 2.91. The minimum atomic E-state index is -0.438. The van der Waals surface area contributed by atoms with E-state index in [4.69, 9.17) is 10.5 Å². The van der Waals surface area contributed by atoms with Crippen LogP contribution in [0.15, 0.2) is 0 Å². The molecule has 0 radical (unpaired) electrons. The Morgan fingerprint density at radius 3 is 2.86 bits per heavy atom. The van der Waals surface area contributed by atoms with Gasteiger partial charge >= 0.3 is 5.97 Å². The van der Waals surface area contributed by atoms with E-state index in [9.17, 15) is 4.79 Å². The number of carbonyl (C=O) groups excluding carboxylic acids is 1. The lowest BCUT2D eigenvalue weighted by molar-refractivity contribution is -0.152. The first kappa shape index (κ1) is 11.5. The van der Waals surface area contributed by atoms with Gasteiger partial charge in [-0.3, -0.25) is 4.79 Å². The van der Waals surface area contributed by atoms with Gasteiger partial charge in [-0.15, -0.1) is 0 Å². The van der Waals surface area contributed by atoms with Crippen molar-refractivity contribution in [2.45, 2.75) is 58.1 Å². The van der Waals surface area contributed by atoms with Crippen LogP contribution in [-0.2, 0) is 9.53 Å². The highest BCUT2D eigenvalue weighted by Gasteiger charge is 2.23. The van der Waals surface area contributed by atoms with Crippen LogP contribution in [0.2, 0.25) is 0 Å². The summed E-state index contributed by atoms with van der Waals surface area (Å²) in [7, 11) is 0. The molecule has 0 saturated heterocycles. The van der Waals surface area contributed by atoms with Crippen molar-refractivity contribution < 1.29 is 9.53 Å². The summed E-state index contributed by atoms with van der Waals surface area (Å²) >= 11 is 0. The van der Waals surface area contributed by atoms with E-state index in [0.29, 0.717) is 12.3 Å². The van der Waals surface area contributed by atoms with Crippen LogP contribution < -0.4 is 5.73 Å². The standard InChI is InChI=1S/C11H21NO2/c1-3-10(12)11(13)14-9-6-4-5-8(2)7-9/h8-10H,3-7,12H2,1-2H3. The zero-order valence-electron chi connectivity index (χ0n) is 9.16. The highest BCUT2D eigenvalue weighted by atomic mass is 16.5. The smallest absolute Gasteiger partial charge is 0.323 e. The Morgan fingerprint density at radius 1 is 1.57 bits per heavy atom. The summed E-state index contributed by atoms with van der Waals surface area (Å²) in [6, 6.07) is -0.438. The number of nitrogens with two attached hydrogens (primary N) is 1. The van der Waals surface area contributed by atoms with Crippen LogP contribution in [0.25, 0.3) is 0 Å². The van der Waals surface area contributed by atoms with Crippen LogP contribution >= 0.6 is 0 Å². The lowest BCUT2D eigenvalue weighted by Gasteiger charge is -2.27. The Bertz CT molecular complexity index is 194. The van der Waals surface area contributed by atoms with Crippen molar-refractivity contribution >= 4 is 5.97 Å². The Morgan fingerprint density at radius 2 is 2.29 bits per heavy atom. The second-order valence-electron chi connectivity index (χ2n) is 4.35. The van der Waals surface area contributed by atoms with Gasteiger partial charge in [0, 0.05) is 0 Å². The van der Waals surface area contributed by atoms with E-state index in [-0.39, 0.29) is 12.1 Å². The minimum Gasteiger partial charge on any atom is -0.461 e. The van der Waals surface area contributed by atoms with Gasteiger partial charge in [-0.2, -0.15) is 0 Å². The fourth-order valence-electron chi connectivity index (χ4n) is 1.90. The van der Waals surface area contributed by atoms with Crippen molar-refractivity contribution in [1.82, 2.24) is 0 Å². The predicted octanol–water partition coefficient (Wildman–Crippen LogP) is 1.85. The minimum absolute atomic E-state index is 0.115. The van der Waals surface area contributed by atoms with Crippen molar-refractivity contribution in [2.24, 2.45) is 11.7 Å². The van der Waals surface area contributed by atoms with E-state index in [1.165, 1.54) is 12.8 Å². The molecule has 2 N–H and O–H groups in total. The summed E-state index contributed by atoms with van der Waals surface area (Å²) in [6.45, 7) is 4.11. The first-order chi connectivity index (χ1) is 6.63. The van der Waals surface area contributed by atoms with Crippen molar-refractivity contribution in [2.75, 3.05) is 0 Å². The second kappa shape index (κ2) is 5.35. The second-order valence-corrected chi connectivity index (χ2v) is 4.35. The average Bonchev–Trinajstić information content (AvgIpc) is 2.16. The normalized spacial score (nSPS) is 29.6. The molecule has 3 atom stereocenters. The number of hydrogen-bond donors (Lipinski definition) is 1. The lowest BCUT2D eigenvalue weighted by Crippen LogP contribution is -2.35. The summed E-state index contributed by atoms with van der Waals surface area (Å²) in [4.78, 5) is 11.4. The van der Waals surface area contributed by atoms with Gasteiger partial charge in [-0.1, -0.05) is 20.3 Å². The molecule has 0 amide bonds. The monoisotopic (exact) mass is 199 g/mol. The Kier molecular flexibility index (Phi) is 4.39. The number of hydrogen-bond acceptors (Lipinski definition) is 3. The zero-order chi connectivity index (χ0) is 10.6. The van der Waals surface area contributed by atoms with Gasteiger partial charge in [0.2, 0.25) is 0 Å². The number of carbonyl (C=O) groups is 1. The molecule has 0 spiro atoms. The molecule has 0 aromatic heterocycles. The highest BCUT2D eigenvalue weighted by molar-refractivity contribution is 5.75. The predicted molar refractivity (Wildman–Crippen MR) is 55.8 cm³/mol. The molecule has 1 fully saturated rings. The van der Waals surface area contributed by atoms with Crippen molar-refractivity contribution in [3.63, 3.8) is 0 Å². The first-order valence-corrected chi connectivity index (χ1v) is 5.59. The number of esters is 1. The maximum Gasteiger partial charge on any atom is 0.323 e. The topological polar surface area (TPSA) is 52.3 Å². The van der Waals surface area contributed by atoms with Gasteiger partial charge in [0.15, 0.2) is 0 Å². The summed E-state index contributed by atoms with van der Waals surface area (Å²) in [5.74, 6) is 0.450. The Hall–Kier alpha value is -0.570. The number of ether oxygens (including phenoxy) is 1. The Labute approximate surface area is 86.0 Å². The van der Waals surface area contributed by atoms with E-state index in [1.54, 1.807) is 0 Å². The molecule has 3 nitrogen and oxygen atoms in total. The van der Waals surface area contributed by atoms with Gasteiger partial charge in [-0.05, 0) is 31.6 Å². The highest BCUT2D eigenvalue weighted by Crippen LogP contribution is 2.25. The first-order valence-electron chi connectivity index (χ1n) is 5.59. The molecule has 0 aliphatic heterocycles. The molecular weight excluding hydrogens is 178 g/mol. The third-order valence-electron chi connectivity index (χ3n) is 2.91. The molecule has 14 heavy (non-hydrogen) atoms. The van der Waals surface area contributed by atoms with Crippen LogP contribution in [0, 0.1) is 5.92 Å². The van der Waals surface area contributed by atoms with Crippen LogP contribution in [0.1, 0.15) is 46.0 Å². The molecule has 1 aliphatic carbocycles. The maximum absolute atomic E-state index is 11.4. The third kappa shape index (κ3) is 3.29. The molecular formula is C11H21NO2. The molecule has 0 heterocycles. The van der Waals surface area contributed by atoms with E-state index >= 15 is 0 Å². The molecule has 0 aromatic carbocycles. The van der Waals surface area contributed by atoms with Crippen LogP contribution in [0.5, 0.6) is 0 Å². The largest absolute Gasteiger partial charge is 0.461 e. The lowest BCUT2D eigenvalue weighted by atomic mass is 9.89. The fourth-order valence-corrected chi connectivity index (χ4v) is 1.90. The van der Waals surface area contributed by atoms with Gasteiger partial charge in [-0.25, -0.2) is 0 Å². The van der Waals surface area contributed by atoms with Crippen molar-refractivity contribution in [3.05, 3.63) is 0 Å². The fraction of sp³-hybridized carbons (Fsp3) is 0.909. The van der Waals surface area contributed by atoms with E-state index in [1.807, 2.05) is 6.92 Å². The van der Waals surface area contributed by atoms with Crippen LogP contribution in [0.4, 0.5) is 0 Å². The molecule has 3 unspecified atom stereocenters. The number of rotatable bonds is 3. The summed E-state index contributed by atoms with van der Waals surface area (Å²) in [5.41, 5.74) is 5.59. The molecule has 0 bridgehead atoms. The molecule has 1 aliphatic rings. The molecule has 0 aromatic rings. The Balaban J connectivity index is 2.32.